The molecule has 5 rings (SSSR count). The van der Waals surface area contributed by atoms with Gasteiger partial charge in [-0.25, -0.2) is 0 Å². The van der Waals surface area contributed by atoms with Crippen molar-refractivity contribution >= 4 is 28.8 Å². The lowest BCUT2D eigenvalue weighted by molar-refractivity contribution is -0.136. The Labute approximate surface area is 211 Å². The number of hydrogen-bond acceptors (Lipinski definition) is 5. The fourth-order valence-electron chi connectivity index (χ4n) is 5.06. The van der Waals surface area contributed by atoms with Gasteiger partial charge in [-0.1, -0.05) is 30.3 Å². The van der Waals surface area contributed by atoms with Gasteiger partial charge in [-0.05, 0) is 62.0 Å². The number of alkyl halides is 3. The van der Waals surface area contributed by atoms with Gasteiger partial charge in [0.15, 0.2) is 10.6 Å². The molecule has 2 aromatic heterocycles. The van der Waals surface area contributed by atoms with Gasteiger partial charge >= 0.3 is 6.18 Å². The van der Waals surface area contributed by atoms with E-state index >= 15 is 0 Å². The monoisotopic (exact) mass is 513 g/mol. The Balaban J connectivity index is 1.69. The van der Waals surface area contributed by atoms with Gasteiger partial charge in [0.2, 0.25) is 0 Å². The van der Waals surface area contributed by atoms with E-state index in [1.165, 1.54) is 12.3 Å². The molecular weight excluding hydrogens is 487 g/mol. The molecule has 2 N–H and O–H groups in total. The summed E-state index contributed by atoms with van der Waals surface area (Å²) >= 11 is 5.52. The van der Waals surface area contributed by atoms with Crippen LogP contribution in [0.5, 0.6) is 0 Å². The molecule has 0 aliphatic carbocycles. The highest BCUT2D eigenvalue weighted by atomic mass is 32.1. The fraction of sp³-hybridized carbons (Fsp3) is 0.346. The van der Waals surface area contributed by atoms with E-state index in [4.69, 9.17) is 12.2 Å². The molecule has 1 fully saturated rings. The van der Waals surface area contributed by atoms with Crippen LogP contribution in [0.25, 0.3) is 28.0 Å². The molecule has 0 atom stereocenters. The largest absolute Gasteiger partial charge is 0.418 e. The van der Waals surface area contributed by atoms with Crippen molar-refractivity contribution in [2.75, 3.05) is 24.6 Å². The number of anilines is 1. The van der Waals surface area contributed by atoms with Gasteiger partial charge in [0, 0.05) is 37.0 Å². The SMILES string of the molecule is OCCCC1CCN(c2c(-c3n[nH]c(=S)n3-c3ccccc3)cnc3c(C(F)(F)F)cccc23)CC1. The maximum atomic E-state index is 13.9. The summed E-state index contributed by atoms with van der Waals surface area (Å²) in [4.78, 5) is 6.44. The number of nitrogens with one attached hydrogen (secondary N) is 1. The number of para-hydroxylation sites is 2. The van der Waals surface area contributed by atoms with Crippen LogP contribution in [0, 0.1) is 10.7 Å². The van der Waals surface area contributed by atoms with Crippen LogP contribution in [0.1, 0.15) is 31.2 Å². The third kappa shape index (κ3) is 4.62. The Kier molecular flexibility index (Phi) is 6.81. The number of rotatable bonds is 6. The molecule has 1 aliphatic rings. The van der Waals surface area contributed by atoms with Crippen molar-refractivity contribution in [1.82, 2.24) is 19.7 Å². The highest BCUT2D eigenvalue weighted by molar-refractivity contribution is 7.71. The van der Waals surface area contributed by atoms with Crippen molar-refractivity contribution in [3.05, 3.63) is 65.1 Å². The average molecular weight is 514 g/mol. The van der Waals surface area contributed by atoms with Gasteiger partial charge in [0.25, 0.3) is 0 Å². The topological polar surface area (TPSA) is 70.0 Å². The molecule has 1 aliphatic heterocycles. The summed E-state index contributed by atoms with van der Waals surface area (Å²) in [6.45, 7) is 1.55. The zero-order chi connectivity index (χ0) is 25.3. The zero-order valence-electron chi connectivity index (χ0n) is 19.5. The molecule has 0 radical (unpaired) electrons. The number of H-pyrrole nitrogens is 1. The molecule has 0 saturated carbocycles. The number of aliphatic hydroxyl groups is 1. The van der Waals surface area contributed by atoms with Crippen molar-refractivity contribution in [2.45, 2.75) is 31.9 Å². The van der Waals surface area contributed by atoms with Crippen molar-refractivity contribution in [3.8, 4) is 17.1 Å². The van der Waals surface area contributed by atoms with E-state index in [0.29, 0.717) is 46.2 Å². The lowest BCUT2D eigenvalue weighted by Crippen LogP contribution is -2.34. The van der Waals surface area contributed by atoms with Crippen LogP contribution in [-0.2, 0) is 6.18 Å². The summed E-state index contributed by atoms with van der Waals surface area (Å²) in [5.41, 5.74) is 1.26. The smallest absolute Gasteiger partial charge is 0.396 e. The van der Waals surface area contributed by atoms with E-state index in [2.05, 4.69) is 20.1 Å². The first-order valence-electron chi connectivity index (χ1n) is 12.0. The molecule has 10 heteroatoms. The number of piperidine rings is 1. The Hall–Kier alpha value is -3.24. The minimum Gasteiger partial charge on any atom is -0.396 e. The molecule has 0 unspecified atom stereocenters. The summed E-state index contributed by atoms with van der Waals surface area (Å²) in [6, 6.07) is 13.7. The number of pyridine rings is 1. The summed E-state index contributed by atoms with van der Waals surface area (Å²) in [5.74, 6) is 0.977. The number of aliphatic hydroxyl groups excluding tert-OH is 1. The van der Waals surface area contributed by atoms with E-state index in [1.54, 1.807) is 10.6 Å². The Bertz CT molecular complexity index is 1410. The average Bonchev–Trinajstić information content (AvgIpc) is 3.27. The molecule has 0 bridgehead atoms. The molecule has 1 saturated heterocycles. The standard InChI is InChI=1S/C26H26F3N5OS/c27-26(28,29)21-10-4-9-19-22(21)30-16-20(23(19)33-13-11-17(12-14-33)6-5-15-35)24-31-32-25(36)34(24)18-7-2-1-3-8-18/h1-4,7-10,16-17,35H,5-6,11-15H2,(H,32,36). The maximum Gasteiger partial charge on any atom is 0.418 e. The Morgan fingerprint density at radius 3 is 2.50 bits per heavy atom. The summed E-state index contributed by atoms with van der Waals surface area (Å²) in [6.07, 6.45) is 0.456. The van der Waals surface area contributed by atoms with E-state index in [-0.39, 0.29) is 12.1 Å². The predicted molar refractivity (Wildman–Crippen MR) is 136 cm³/mol. The number of benzene rings is 2. The number of aromatic nitrogens is 4. The minimum atomic E-state index is -4.52. The van der Waals surface area contributed by atoms with Gasteiger partial charge in [-0.3, -0.25) is 14.6 Å². The van der Waals surface area contributed by atoms with Gasteiger partial charge in [-0.2, -0.15) is 18.3 Å². The lowest BCUT2D eigenvalue weighted by Gasteiger charge is -2.35. The second-order valence-corrected chi connectivity index (χ2v) is 9.43. The van der Waals surface area contributed by atoms with Gasteiger partial charge in [0.05, 0.1) is 22.3 Å². The molecule has 188 valence electrons. The van der Waals surface area contributed by atoms with Crippen LogP contribution < -0.4 is 4.90 Å². The van der Waals surface area contributed by atoms with Crippen LogP contribution in [0.15, 0.2) is 54.7 Å². The first kappa shape index (κ1) is 24.5. The van der Waals surface area contributed by atoms with Gasteiger partial charge in [-0.15, -0.1) is 0 Å². The van der Waals surface area contributed by atoms with Gasteiger partial charge in [0.1, 0.15) is 0 Å². The van der Waals surface area contributed by atoms with Crippen LogP contribution in [0.2, 0.25) is 0 Å². The summed E-state index contributed by atoms with van der Waals surface area (Å²) < 4.78 is 43.8. The molecule has 2 aromatic carbocycles. The second kappa shape index (κ2) is 10.0. The molecule has 0 amide bonds. The molecule has 6 nitrogen and oxygen atoms in total. The Morgan fingerprint density at radius 1 is 1.06 bits per heavy atom. The van der Waals surface area contributed by atoms with Gasteiger partial charge < -0.3 is 10.0 Å². The third-order valence-electron chi connectivity index (χ3n) is 6.80. The fourth-order valence-corrected chi connectivity index (χ4v) is 5.30. The first-order valence-corrected chi connectivity index (χ1v) is 12.4. The second-order valence-electron chi connectivity index (χ2n) is 9.04. The number of aromatic amines is 1. The summed E-state index contributed by atoms with van der Waals surface area (Å²) in [7, 11) is 0. The molecule has 3 heterocycles. The number of hydrogen-bond donors (Lipinski definition) is 2. The minimum absolute atomic E-state index is 0.0773. The predicted octanol–water partition coefficient (Wildman–Crippen LogP) is 6.15. The summed E-state index contributed by atoms with van der Waals surface area (Å²) in [5, 5.41) is 17.0. The highest BCUT2D eigenvalue weighted by Crippen LogP contribution is 2.42. The lowest BCUT2D eigenvalue weighted by atomic mass is 9.91. The van der Waals surface area contributed by atoms with E-state index in [1.807, 2.05) is 30.3 Å². The molecule has 36 heavy (non-hydrogen) atoms. The quantitative estimate of drug-likeness (QED) is 0.303. The maximum absolute atomic E-state index is 13.9. The van der Waals surface area contributed by atoms with E-state index in [0.717, 1.165) is 37.4 Å². The molecule has 4 aromatic rings. The van der Waals surface area contributed by atoms with Crippen LogP contribution >= 0.6 is 12.2 Å². The van der Waals surface area contributed by atoms with Crippen molar-refractivity contribution < 1.29 is 18.3 Å². The molecular formula is C26H26F3N5OS. The Morgan fingerprint density at radius 2 is 1.81 bits per heavy atom. The number of nitrogens with zero attached hydrogens (tertiary/aromatic N) is 4. The van der Waals surface area contributed by atoms with Crippen molar-refractivity contribution in [3.63, 3.8) is 0 Å². The van der Waals surface area contributed by atoms with E-state index < -0.39 is 11.7 Å². The van der Waals surface area contributed by atoms with Crippen LogP contribution in [0.4, 0.5) is 18.9 Å². The molecule has 0 spiro atoms. The number of fused-ring (bicyclic) bond motifs is 1. The van der Waals surface area contributed by atoms with Crippen molar-refractivity contribution in [2.24, 2.45) is 5.92 Å². The first-order chi connectivity index (χ1) is 17.4. The third-order valence-corrected chi connectivity index (χ3v) is 7.08. The highest BCUT2D eigenvalue weighted by Gasteiger charge is 2.35. The number of halogens is 3. The van der Waals surface area contributed by atoms with Crippen molar-refractivity contribution in [1.29, 1.82) is 0 Å². The van der Waals surface area contributed by atoms with E-state index in [9.17, 15) is 18.3 Å². The van der Waals surface area contributed by atoms with Crippen LogP contribution in [-0.4, -0.2) is 44.6 Å². The normalized spacial score (nSPS) is 15.1. The van der Waals surface area contributed by atoms with Crippen LogP contribution in [0.3, 0.4) is 0 Å². The zero-order valence-corrected chi connectivity index (χ0v) is 20.3.